The summed E-state index contributed by atoms with van der Waals surface area (Å²) >= 11 is 0. The van der Waals surface area contributed by atoms with Gasteiger partial charge in [-0.2, -0.15) is 0 Å². The van der Waals surface area contributed by atoms with E-state index in [4.69, 9.17) is 0 Å². The van der Waals surface area contributed by atoms with Crippen LogP contribution in [0.4, 0.5) is 11.5 Å². The second kappa shape index (κ2) is 4.84. The average molecular weight is 281 g/mol. The molecule has 3 rings (SSSR count). The Kier molecular flexibility index (Phi) is 3.12. The van der Waals surface area contributed by atoms with Gasteiger partial charge in [-0.1, -0.05) is 17.7 Å². The number of H-pyrrole nitrogens is 1. The molecule has 0 unspecified atom stereocenters. The van der Waals surface area contributed by atoms with Crippen LogP contribution >= 0.6 is 0 Å². The number of hydrogen-bond donors (Lipinski definition) is 1. The molecule has 5 heteroatoms. The Labute approximate surface area is 123 Å². The second-order valence-corrected chi connectivity index (χ2v) is 5.53. The highest BCUT2D eigenvalue weighted by molar-refractivity contribution is 5.62. The van der Waals surface area contributed by atoms with E-state index < -0.39 is 0 Å². The maximum atomic E-state index is 4.48. The smallest absolute Gasteiger partial charge is 0.179 e. The van der Waals surface area contributed by atoms with Crippen LogP contribution in [0, 0.1) is 34.6 Å². The molecule has 0 bridgehead atoms. The van der Waals surface area contributed by atoms with Gasteiger partial charge < -0.3 is 0 Å². The lowest BCUT2D eigenvalue weighted by molar-refractivity contribution is 0.921. The number of benzene rings is 1. The molecule has 1 N–H and O–H groups in total. The summed E-state index contributed by atoms with van der Waals surface area (Å²) < 4.78 is 1.90. The number of azo groups is 1. The van der Waals surface area contributed by atoms with Crippen LogP contribution in [-0.4, -0.2) is 14.6 Å². The molecule has 0 aliphatic carbocycles. The molecule has 0 aliphatic rings. The van der Waals surface area contributed by atoms with Gasteiger partial charge in [0.25, 0.3) is 0 Å². The summed E-state index contributed by atoms with van der Waals surface area (Å²) in [4.78, 5) is 4.48. The Bertz CT molecular complexity index is 851. The van der Waals surface area contributed by atoms with Gasteiger partial charge in [-0.25, -0.2) is 9.50 Å². The van der Waals surface area contributed by atoms with E-state index in [1.54, 1.807) is 0 Å². The fourth-order valence-electron chi connectivity index (χ4n) is 2.50. The summed E-state index contributed by atoms with van der Waals surface area (Å²) in [6.45, 7) is 10.2. The van der Waals surface area contributed by atoms with Crippen LogP contribution in [0.5, 0.6) is 0 Å². The van der Waals surface area contributed by atoms with Gasteiger partial charge in [0, 0.05) is 11.1 Å². The highest BCUT2D eigenvalue weighted by Crippen LogP contribution is 2.29. The van der Waals surface area contributed by atoms with Crippen molar-refractivity contribution in [1.82, 2.24) is 14.6 Å². The largest absolute Gasteiger partial charge is 0.278 e. The predicted octanol–water partition coefficient (Wildman–Crippen LogP) is 4.62. The van der Waals surface area contributed by atoms with Gasteiger partial charge in [0.2, 0.25) is 0 Å². The van der Waals surface area contributed by atoms with E-state index in [0.717, 1.165) is 39.7 Å². The lowest BCUT2D eigenvalue weighted by Gasteiger charge is -2.00. The van der Waals surface area contributed by atoms with Gasteiger partial charge in [-0.15, -0.1) is 10.2 Å². The van der Waals surface area contributed by atoms with E-state index in [-0.39, 0.29) is 0 Å². The molecule has 2 heterocycles. The quantitative estimate of drug-likeness (QED) is 0.684. The fourth-order valence-corrected chi connectivity index (χ4v) is 2.50. The lowest BCUT2D eigenvalue weighted by atomic mass is 10.1. The Morgan fingerprint density at radius 3 is 2.48 bits per heavy atom. The van der Waals surface area contributed by atoms with Crippen molar-refractivity contribution in [2.75, 3.05) is 0 Å². The number of aryl methyl sites for hydroxylation is 4. The summed E-state index contributed by atoms with van der Waals surface area (Å²) in [6.07, 6.45) is 0. The van der Waals surface area contributed by atoms with Crippen LogP contribution in [0.2, 0.25) is 0 Å². The predicted molar refractivity (Wildman–Crippen MR) is 83.8 cm³/mol. The molecule has 21 heavy (non-hydrogen) atoms. The van der Waals surface area contributed by atoms with Crippen LogP contribution in [0.1, 0.15) is 28.1 Å². The van der Waals surface area contributed by atoms with Crippen molar-refractivity contribution >= 4 is 17.2 Å². The average Bonchev–Trinajstić information content (AvgIpc) is 2.90. The Balaban J connectivity index is 2.08. The normalized spacial score (nSPS) is 11.9. The summed E-state index contributed by atoms with van der Waals surface area (Å²) in [5, 5.41) is 12.1. The number of nitrogens with zero attached hydrogens (tertiary/aromatic N) is 4. The zero-order valence-corrected chi connectivity index (χ0v) is 13.0. The van der Waals surface area contributed by atoms with E-state index in [9.17, 15) is 0 Å². The minimum Gasteiger partial charge on any atom is -0.278 e. The van der Waals surface area contributed by atoms with Crippen LogP contribution in [0.25, 0.3) is 5.65 Å². The molecule has 108 valence electrons. The van der Waals surface area contributed by atoms with E-state index in [2.05, 4.69) is 40.2 Å². The van der Waals surface area contributed by atoms with E-state index in [1.807, 2.05) is 37.4 Å². The molecule has 5 nitrogen and oxygen atoms in total. The number of nitrogens with one attached hydrogen (secondary N) is 1. The molecule has 0 fully saturated rings. The van der Waals surface area contributed by atoms with Crippen molar-refractivity contribution in [1.29, 1.82) is 0 Å². The SMILES string of the molecule is Cc1ccc(N=Nc2c(C)c(C)c3nc(C)[nH]n23)c(C)c1. The molecule has 3 aromatic rings. The second-order valence-electron chi connectivity index (χ2n) is 5.53. The first-order valence-corrected chi connectivity index (χ1v) is 7.00. The number of fused-ring (bicyclic) bond motifs is 1. The third-order valence-corrected chi connectivity index (χ3v) is 3.81. The van der Waals surface area contributed by atoms with Crippen LogP contribution < -0.4 is 0 Å². The molecule has 0 amide bonds. The topological polar surface area (TPSA) is 57.8 Å². The van der Waals surface area contributed by atoms with Crippen LogP contribution in [0.15, 0.2) is 28.4 Å². The maximum Gasteiger partial charge on any atom is 0.179 e. The number of rotatable bonds is 2. The lowest BCUT2D eigenvalue weighted by Crippen LogP contribution is -1.83. The first-order valence-electron chi connectivity index (χ1n) is 7.00. The summed E-state index contributed by atoms with van der Waals surface area (Å²) in [7, 11) is 0. The molecule has 2 aromatic heterocycles. The number of hydrogen-bond acceptors (Lipinski definition) is 3. The number of aromatic amines is 1. The summed E-state index contributed by atoms with van der Waals surface area (Å²) in [5.41, 5.74) is 6.40. The molecule has 0 atom stereocenters. The Morgan fingerprint density at radius 2 is 1.76 bits per heavy atom. The minimum atomic E-state index is 0.808. The molecule has 0 aliphatic heterocycles. The molecular weight excluding hydrogens is 262 g/mol. The zero-order chi connectivity index (χ0) is 15.1. The van der Waals surface area contributed by atoms with E-state index >= 15 is 0 Å². The van der Waals surface area contributed by atoms with Crippen LogP contribution in [0.3, 0.4) is 0 Å². The first kappa shape index (κ1) is 13.5. The maximum absolute atomic E-state index is 4.48. The third-order valence-electron chi connectivity index (χ3n) is 3.81. The van der Waals surface area contributed by atoms with Gasteiger partial charge in [-0.3, -0.25) is 5.10 Å². The van der Waals surface area contributed by atoms with Crippen molar-refractivity contribution in [3.05, 3.63) is 46.3 Å². The van der Waals surface area contributed by atoms with Crippen LogP contribution in [-0.2, 0) is 0 Å². The molecule has 0 radical (unpaired) electrons. The standard InChI is InChI=1S/C16H19N5/c1-9-6-7-14(10(2)8-9)18-19-16-12(4)11(3)15-17-13(5)20-21(15)16/h6-8H,1-5H3,(H,17,20). The van der Waals surface area contributed by atoms with Crippen molar-refractivity contribution < 1.29 is 0 Å². The molecule has 0 saturated carbocycles. The fraction of sp³-hybridized carbons (Fsp3) is 0.312. The van der Waals surface area contributed by atoms with Crippen molar-refractivity contribution in [2.24, 2.45) is 10.2 Å². The Morgan fingerprint density at radius 1 is 1.00 bits per heavy atom. The highest BCUT2D eigenvalue weighted by atomic mass is 15.4. The van der Waals surface area contributed by atoms with Crippen molar-refractivity contribution in [3.8, 4) is 0 Å². The van der Waals surface area contributed by atoms with Gasteiger partial charge in [0.15, 0.2) is 11.5 Å². The molecule has 1 aromatic carbocycles. The minimum absolute atomic E-state index is 0.808. The van der Waals surface area contributed by atoms with Gasteiger partial charge in [-0.05, 0) is 46.2 Å². The van der Waals surface area contributed by atoms with E-state index in [1.165, 1.54) is 5.56 Å². The van der Waals surface area contributed by atoms with Gasteiger partial charge >= 0.3 is 0 Å². The molecular formula is C16H19N5. The summed E-state index contributed by atoms with van der Waals surface area (Å²) in [6, 6.07) is 6.16. The molecule has 0 saturated heterocycles. The highest BCUT2D eigenvalue weighted by Gasteiger charge is 2.14. The zero-order valence-electron chi connectivity index (χ0n) is 13.0. The van der Waals surface area contributed by atoms with Crippen molar-refractivity contribution in [3.63, 3.8) is 0 Å². The number of aromatic nitrogens is 3. The van der Waals surface area contributed by atoms with Crippen molar-refractivity contribution in [2.45, 2.75) is 34.6 Å². The Hall–Kier alpha value is -2.43. The monoisotopic (exact) mass is 281 g/mol. The first-order chi connectivity index (χ1) is 9.97. The third kappa shape index (κ3) is 2.24. The van der Waals surface area contributed by atoms with Gasteiger partial charge in [0.1, 0.15) is 5.82 Å². The van der Waals surface area contributed by atoms with Gasteiger partial charge in [0.05, 0.1) is 5.69 Å². The molecule has 0 spiro atoms. The van der Waals surface area contributed by atoms with E-state index in [0.29, 0.717) is 0 Å². The summed E-state index contributed by atoms with van der Waals surface area (Å²) in [5.74, 6) is 1.68.